The minimum atomic E-state index is -0.0260. The molecular weight excluding hydrogens is 970 g/mol. The molecule has 16 rings (SSSR count). The summed E-state index contributed by atoms with van der Waals surface area (Å²) >= 11 is 0. The average molecular weight is 1020 g/mol. The van der Waals surface area contributed by atoms with Crippen molar-refractivity contribution < 1.29 is 4.79 Å². The number of rotatable bonds is 8. The maximum atomic E-state index is 14.7. The molecule has 0 saturated heterocycles. The van der Waals surface area contributed by atoms with Gasteiger partial charge < -0.3 is 18.9 Å². The van der Waals surface area contributed by atoms with Gasteiger partial charge in [0.2, 0.25) is 13.4 Å². The monoisotopic (exact) mass is 1020 g/mol. The second-order valence-corrected chi connectivity index (χ2v) is 21.1. The summed E-state index contributed by atoms with van der Waals surface area (Å²) in [6, 6.07) is 104. The van der Waals surface area contributed by atoms with Crippen molar-refractivity contribution in [1.82, 2.24) is 9.13 Å². The van der Waals surface area contributed by atoms with Gasteiger partial charge in [-0.2, -0.15) is 0 Å². The summed E-state index contributed by atoms with van der Waals surface area (Å²) in [4.78, 5) is 19.4. The van der Waals surface area contributed by atoms with E-state index in [1.165, 1.54) is 76.4 Å². The first-order valence-corrected chi connectivity index (χ1v) is 27.5. The van der Waals surface area contributed by atoms with Crippen molar-refractivity contribution in [3.63, 3.8) is 0 Å². The zero-order valence-electron chi connectivity index (χ0n) is 43.6. The lowest BCUT2D eigenvalue weighted by Crippen LogP contribution is -2.57. The van der Waals surface area contributed by atoms with E-state index in [1.807, 2.05) is 24.3 Å². The molecule has 0 unspecified atom stereocenters. The van der Waals surface area contributed by atoms with Crippen molar-refractivity contribution in [3.05, 3.63) is 302 Å². The van der Waals surface area contributed by atoms with E-state index in [9.17, 15) is 4.79 Å². The van der Waals surface area contributed by atoms with Crippen LogP contribution >= 0.6 is 0 Å². The van der Waals surface area contributed by atoms with Crippen LogP contribution < -0.4 is 42.6 Å². The SMILES string of the molecule is O=C(c1ccc(N2c3ccccc3B(c3ccccc3)c3cc(-n4c5ccccc5c5ccccc54)ccc32)cc1)c1ccc(N2c3ccccc3B(c3ccccc3)c3cc(-n4c5ccccc5c5ccccc54)ccc32)cc1. The highest BCUT2D eigenvalue weighted by molar-refractivity contribution is 6.98. The van der Waals surface area contributed by atoms with Crippen LogP contribution in [-0.4, -0.2) is 28.3 Å². The number of fused-ring (bicyclic) bond motifs is 10. The van der Waals surface area contributed by atoms with E-state index >= 15 is 0 Å². The van der Waals surface area contributed by atoms with Gasteiger partial charge in [-0.25, -0.2) is 0 Å². The summed E-state index contributed by atoms with van der Waals surface area (Å²) in [6.07, 6.45) is 0. The third kappa shape index (κ3) is 7.10. The van der Waals surface area contributed by atoms with Crippen molar-refractivity contribution in [1.29, 1.82) is 0 Å². The second-order valence-electron chi connectivity index (χ2n) is 21.1. The zero-order chi connectivity index (χ0) is 52.8. The van der Waals surface area contributed by atoms with Crippen LogP contribution in [0.3, 0.4) is 0 Å². The summed E-state index contributed by atoms with van der Waals surface area (Å²) in [5.74, 6) is -0.0260. The molecule has 7 heteroatoms. The molecule has 372 valence electrons. The summed E-state index contributed by atoms with van der Waals surface area (Å²) < 4.78 is 4.81. The van der Waals surface area contributed by atoms with Crippen LogP contribution in [0.4, 0.5) is 34.1 Å². The minimum Gasteiger partial charge on any atom is -0.312 e. The molecule has 0 atom stereocenters. The Bertz CT molecular complexity index is 4350. The Morgan fingerprint density at radius 1 is 0.263 bits per heavy atom. The van der Waals surface area contributed by atoms with Crippen molar-refractivity contribution in [2.24, 2.45) is 0 Å². The highest BCUT2D eigenvalue weighted by Crippen LogP contribution is 2.41. The molecule has 2 aromatic heterocycles. The minimum absolute atomic E-state index is 0.00329. The fraction of sp³-hybridized carbons (Fsp3) is 0. The van der Waals surface area contributed by atoms with Crippen molar-refractivity contribution in [2.45, 2.75) is 0 Å². The van der Waals surface area contributed by atoms with Gasteiger partial charge in [0, 0.05) is 78.2 Å². The number of para-hydroxylation sites is 6. The van der Waals surface area contributed by atoms with Crippen LogP contribution in [0.2, 0.25) is 0 Å². The van der Waals surface area contributed by atoms with Gasteiger partial charge in [-0.1, -0.05) is 181 Å². The zero-order valence-corrected chi connectivity index (χ0v) is 43.6. The molecule has 0 aliphatic carbocycles. The quantitative estimate of drug-likeness (QED) is 0.112. The van der Waals surface area contributed by atoms with Crippen LogP contribution in [0.1, 0.15) is 15.9 Å². The molecule has 0 saturated carbocycles. The molecular formula is C73H48B2N4O. The van der Waals surface area contributed by atoms with Gasteiger partial charge in [0.15, 0.2) is 5.78 Å². The Morgan fingerprint density at radius 3 is 0.938 bits per heavy atom. The van der Waals surface area contributed by atoms with Crippen LogP contribution in [-0.2, 0) is 0 Å². The number of hydrogen-bond donors (Lipinski definition) is 0. The number of anilines is 6. The highest BCUT2D eigenvalue weighted by atomic mass is 16.1. The smallest absolute Gasteiger partial charge is 0.246 e. The standard InChI is InChI=1S/C73H48B2N4O/c80-73(49-35-39-53(40-36-49)76-69-33-17-11-27-61(69)74(51-19-3-1-4-20-51)63-47-55(43-45-71(63)76)78-65-29-13-7-23-57(65)58-24-8-14-30-66(58)78)50-37-41-54(42-38-50)77-70-34-18-12-28-62(70)75(52-21-5-2-6-22-52)64-48-56(44-46-72(64)77)79-67-31-15-9-25-59(67)60-26-10-16-32-68(60)79/h1-48H. The summed E-state index contributed by atoms with van der Waals surface area (Å²) in [6.45, 7) is -0.00658. The van der Waals surface area contributed by atoms with Crippen LogP contribution in [0, 0.1) is 0 Å². The third-order valence-corrected chi connectivity index (χ3v) is 16.8. The Hall–Kier alpha value is -10.4. The number of nitrogens with zero attached hydrogens (tertiary/aromatic N) is 4. The fourth-order valence-corrected chi connectivity index (χ4v) is 13.4. The van der Waals surface area contributed by atoms with Crippen molar-refractivity contribution >= 4 is 130 Å². The summed E-state index contributed by atoms with van der Waals surface area (Å²) in [5.41, 5.74) is 22.0. The number of carbonyl (C=O) groups excluding carboxylic acids is 1. The second kappa shape index (κ2) is 18.4. The van der Waals surface area contributed by atoms with E-state index in [0.29, 0.717) is 11.1 Å². The number of benzene rings is 12. The predicted molar refractivity (Wildman–Crippen MR) is 337 cm³/mol. The van der Waals surface area contributed by atoms with Gasteiger partial charge in [0.25, 0.3) is 0 Å². The molecule has 0 N–H and O–H groups in total. The van der Waals surface area contributed by atoms with Gasteiger partial charge >= 0.3 is 0 Å². The van der Waals surface area contributed by atoms with Gasteiger partial charge in [0.1, 0.15) is 0 Å². The van der Waals surface area contributed by atoms with Gasteiger partial charge in [-0.15, -0.1) is 0 Å². The molecule has 5 nitrogen and oxygen atoms in total. The first-order valence-electron chi connectivity index (χ1n) is 27.5. The first-order chi connectivity index (χ1) is 39.6. The Morgan fingerprint density at radius 2 is 0.562 bits per heavy atom. The summed E-state index contributed by atoms with van der Waals surface area (Å²) in [7, 11) is 0. The van der Waals surface area contributed by atoms with Gasteiger partial charge in [-0.05, 0) is 143 Å². The normalized spacial score (nSPS) is 12.7. The maximum absolute atomic E-state index is 14.7. The largest absolute Gasteiger partial charge is 0.312 e. The van der Waals surface area contributed by atoms with Crippen molar-refractivity contribution in [3.8, 4) is 11.4 Å². The van der Waals surface area contributed by atoms with Crippen LogP contribution in [0.15, 0.2) is 291 Å². The third-order valence-electron chi connectivity index (χ3n) is 16.8. The first kappa shape index (κ1) is 45.8. The number of ketones is 1. The number of aromatic nitrogens is 2. The van der Waals surface area contributed by atoms with E-state index in [4.69, 9.17) is 0 Å². The van der Waals surface area contributed by atoms with Crippen molar-refractivity contribution in [2.75, 3.05) is 9.80 Å². The maximum Gasteiger partial charge on any atom is 0.246 e. The Balaban J connectivity index is 0.761. The van der Waals surface area contributed by atoms with E-state index in [0.717, 1.165) is 45.5 Å². The lowest BCUT2D eigenvalue weighted by atomic mass is 9.35. The average Bonchev–Trinajstić information content (AvgIpc) is 4.17. The molecule has 80 heavy (non-hydrogen) atoms. The van der Waals surface area contributed by atoms with E-state index < -0.39 is 0 Å². The molecule has 0 bridgehead atoms. The lowest BCUT2D eigenvalue weighted by molar-refractivity contribution is 0.103. The predicted octanol–water partition coefficient (Wildman–Crippen LogP) is 13.7. The van der Waals surface area contributed by atoms with E-state index in [-0.39, 0.29) is 19.2 Å². The summed E-state index contributed by atoms with van der Waals surface area (Å²) in [5, 5.41) is 4.94. The van der Waals surface area contributed by atoms with Gasteiger partial charge in [0.05, 0.1) is 22.1 Å². The number of hydrogen-bond acceptors (Lipinski definition) is 3. The molecule has 2 aliphatic rings. The van der Waals surface area contributed by atoms with E-state index in [1.54, 1.807) is 0 Å². The molecule has 2 aliphatic heterocycles. The van der Waals surface area contributed by atoms with E-state index in [2.05, 4.69) is 286 Å². The topological polar surface area (TPSA) is 33.4 Å². The highest BCUT2D eigenvalue weighted by Gasteiger charge is 2.37. The molecule has 12 aromatic carbocycles. The molecule has 0 amide bonds. The Labute approximate surface area is 464 Å². The lowest BCUT2D eigenvalue weighted by Gasteiger charge is -2.37. The molecule has 4 heterocycles. The number of carbonyl (C=O) groups is 1. The Kier molecular flexibility index (Phi) is 10.5. The molecule has 0 spiro atoms. The van der Waals surface area contributed by atoms with Crippen LogP contribution in [0.5, 0.6) is 0 Å². The van der Waals surface area contributed by atoms with Gasteiger partial charge in [-0.3, -0.25) is 4.79 Å². The molecule has 14 aromatic rings. The molecule has 0 radical (unpaired) electrons. The molecule has 0 fully saturated rings. The fourth-order valence-electron chi connectivity index (χ4n) is 13.4. The van der Waals surface area contributed by atoms with Crippen LogP contribution in [0.25, 0.3) is 55.0 Å².